The van der Waals surface area contributed by atoms with E-state index in [0.717, 1.165) is 23.2 Å². The minimum Gasteiger partial charge on any atom is -0.298 e. The van der Waals surface area contributed by atoms with Gasteiger partial charge in [-0.15, -0.1) is 0 Å². The molecule has 1 unspecified atom stereocenters. The first-order valence-corrected chi connectivity index (χ1v) is 9.32. The van der Waals surface area contributed by atoms with Crippen molar-refractivity contribution in [3.8, 4) is 0 Å². The number of aromatic nitrogens is 2. The van der Waals surface area contributed by atoms with Gasteiger partial charge in [0, 0.05) is 10.9 Å². The molecule has 0 saturated carbocycles. The zero-order chi connectivity index (χ0) is 18.4. The highest BCUT2D eigenvalue weighted by Gasteiger charge is 2.27. The van der Waals surface area contributed by atoms with Crippen LogP contribution in [-0.4, -0.2) is 10.2 Å². The monoisotopic (exact) mass is 372 g/mol. The van der Waals surface area contributed by atoms with Crippen LogP contribution in [0, 0.1) is 0 Å². The van der Waals surface area contributed by atoms with Crippen LogP contribution in [0.1, 0.15) is 34.7 Å². The van der Waals surface area contributed by atoms with E-state index in [1.807, 2.05) is 24.3 Å². The average Bonchev–Trinajstić information content (AvgIpc) is 3.08. The van der Waals surface area contributed by atoms with E-state index in [-0.39, 0.29) is 11.5 Å². The Kier molecular flexibility index (Phi) is 3.76. The fraction of sp³-hybridized carbons (Fsp3) is 0.0870. The summed E-state index contributed by atoms with van der Waals surface area (Å²) in [7, 11) is 0. The van der Waals surface area contributed by atoms with E-state index in [1.165, 1.54) is 21.9 Å². The van der Waals surface area contributed by atoms with Gasteiger partial charge in [0.2, 0.25) is 0 Å². The fourth-order valence-corrected chi connectivity index (χ4v) is 4.09. The molecular formula is C23H17ClN2O. The summed E-state index contributed by atoms with van der Waals surface area (Å²) in [6, 6.07) is 22.6. The van der Waals surface area contributed by atoms with E-state index in [0.29, 0.717) is 5.02 Å². The molecule has 4 aromatic rings. The Hall–Kier alpha value is -3.04. The van der Waals surface area contributed by atoms with Crippen LogP contribution in [-0.2, 0) is 0 Å². The molecule has 3 aromatic carbocycles. The molecule has 1 aliphatic carbocycles. The molecule has 5 rings (SSSR count). The van der Waals surface area contributed by atoms with Crippen LogP contribution >= 0.6 is 11.6 Å². The molecule has 0 aliphatic heterocycles. The van der Waals surface area contributed by atoms with E-state index in [2.05, 4.69) is 58.7 Å². The zero-order valence-electron chi connectivity index (χ0n) is 14.5. The van der Waals surface area contributed by atoms with Crippen LogP contribution in [0.25, 0.3) is 22.4 Å². The smallest absolute Gasteiger partial charge is 0.268 e. The molecule has 1 atom stereocenters. The number of rotatable bonds is 2. The lowest BCUT2D eigenvalue weighted by molar-refractivity contribution is 0.825. The summed E-state index contributed by atoms with van der Waals surface area (Å²) in [6.45, 7) is 0. The molecule has 0 fully saturated rings. The van der Waals surface area contributed by atoms with Crippen molar-refractivity contribution in [2.75, 3.05) is 0 Å². The van der Waals surface area contributed by atoms with Crippen molar-refractivity contribution in [1.29, 1.82) is 0 Å². The first-order chi connectivity index (χ1) is 13.2. The summed E-state index contributed by atoms with van der Waals surface area (Å²) in [5, 5.41) is 8.91. The van der Waals surface area contributed by atoms with Crippen LogP contribution in [0.2, 0.25) is 5.02 Å². The van der Waals surface area contributed by atoms with Gasteiger partial charge in [-0.25, -0.2) is 0 Å². The van der Waals surface area contributed by atoms with E-state index < -0.39 is 0 Å². The van der Waals surface area contributed by atoms with Crippen LogP contribution < -0.4 is 5.56 Å². The summed E-state index contributed by atoms with van der Waals surface area (Å²) in [5.41, 5.74) is 5.08. The molecule has 0 bridgehead atoms. The Labute approximate surface area is 161 Å². The van der Waals surface area contributed by atoms with Gasteiger partial charge in [0.05, 0.1) is 11.3 Å². The van der Waals surface area contributed by atoms with Gasteiger partial charge in [-0.3, -0.25) is 15.0 Å². The second-order valence-corrected chi connectivity index (χ2v) is 7.38. The van der Waals surface area contributed by atoms with Gasteiger partial charge in [0.25, 0.3) is 5.56 Å². The Morgan fingerprint density at radius 1 is 0.889 bits per heavy atom. The molecule has 3 nitrogen and oxygen atoms in total. The minimum atomic E-state index is -0.0567. The predicted octanol–water partition coefficient (Wildman–Crippen LogP) is 5.59. The average molecular weight is 373 g/mol. The molecule has 0 radical (unpaired) electrons. The maximum atomic E-state index is 12.4. The largest absolute Gasteiger partial charge is 0.298 e. The second-order valence-electron chi connectivity index (χ2n) is 6.95. The number of H-pyrrole nitrogens is 2. The Morgan fingerprint density at radius 3 is 2.48 bits per heavy atom. The van der Waals surface area contributed by atoms with Crippen molar-refractivity contribution in [3.05, 3.63) is 104 Å². The number of halogens is 1. The zero-order valence-corrected chi connectivity index (χ0v) is 15.3. The number of hydrogen-bond acceptors (Lipinski definition) is 1. The summed E-state index contributed by atoms with van der Waals surface area (Å²) in [5.74, 6) is -0.00117. The lowest BCUT2D eigenvalue weighted by atomic mass is 9.80. The van der Waals surface area contributed by atoms with E-state index >= 15 is 0 Å². The van der Waals surface area contributed by atoms with Gasteiger partial charge in [-0.05, 0) is 58.2 Å². The van der Waals surface area contributed by atoms with Crippen molar-refractivity contribution in [2.24, 2.45) is 0 Å². The van der Waals surface area contributed by atoms with Crippen molar-refractivity contribution in [2.45, 2.75) is 12.3 Å². The maximum Gasteiger partial charge on any atom is 0.268 e. The summed E-state index contributed by atoms with van der Waals surface area (Å²) in [6.07, 6.45) is 2.86. The van der Waals surface area contributed by atoms with E-state index in [1.54, 1.807) is 0 Å². The summed E-state index contributed by atoms with van der Waals surface area (Å²) in [4.78, 5) is 12.4. The lowest BCUT2D eigenvalue weighted by Crippen LogP contribution is -2.16. The third kappa shape index (κ3) is 2.81. The molecule has 2 N–H and O–H groups in total. The second kappa shape index (κ2) is 6.29. The molecule has 0 saturated heterocycles. The van der Waals surface area contributed by atoms with Crippen LogP contribution in [0.4, 0.5) is 0 Å². The first kappa shape index (κ1) is 16.2. The molecule has 4 heteroatoms. The standard InChI is InChI=1S/C23H17ClN2O/c24-19-9-7-15(8-10-19)20-12-18(13-21-22(20)23(27)26-25-21)17-6-5-14-3-1-2-4-16(14)11-17/h1-11,13,20H,12H2,(H2,25,26,27). The van der Waals surface area contributed by atoms with Crippen molar-refractivity contribution < 1.29 is 0 Å². The first-order valence-electron chi connectivity index (χ1n) is 8.95. The number of allylic oxidation sites excluding steroid dienone is 1. The van der Waals surface area contributed by atoms with Gasteiger partial charge < -0.3 is 0 Å². The Morgan fingerprint density at radius 2 is 1.67 bits per heavy atom. The van der Waals surface area contributed by atoms with E-state index in [9.17, 15) is 4.79 Å². The van der Waals surface area contributed by atoms with Crippen LogP contribution in [0.3, 0.4) is 0 Å². The van der Waals surface area contributed by atoms with Gasteiger partial charge in [-0.2, -0.15) is 0 Å². The number of aromatic amines is 2. The molecule has 1 aromatic heterocycles. The molecular weight excluding hydrogens is 356 g/mol. The van der Waals surface area contributed by atoms with Crippen LogP contribution in [0.15, 0.2) is 71.5 Å². The quantitative estimate of drug-likeness (QED) is 0.473. The van der Waals surface area contributed by atoms with E-state index in [4.69, 9.17) is 11.6 Å². The molecule has 0 spiro atoms. The highest BCUT2D eigenvalue weighted by molar-refractivity contribution is 6.30. The lowest BCUT2D eigenvalue weighted by Gasteiger charge is -2.23. The third-order valence-electron chi connectivity index (χ3n) is 5.33. The van der Waals surface area contributed by atoms with Crippen molar-refractivity contribution in [1.82, 2.24) is 10.2 Å². The summed E-state index contributed by atoms with van der Waals surface area (Å²) < 4.78 is 0. The molecule has 27 heavy (non-hydrogen) atoms. The fourth-order valence-electron chi connectivity index (χ4n) is 3.97. The summed E-state index contributed by atoms with van der Waals surface area (Å²) >= 11 is 6.06. The highest BCUT2D eigenvalue weighted by Crippen LogP contribution is 2.40. The van der Waals surface area contributed by atoms with Gasteiger partial charge in [-0.1, -0.05) is 60.1 Å². The van der Waals surface area contributed by atoms with Gasteiger partial charge >= 0.3 is 0 Å². The predicted molar refractivity (Wildman–Crippen MR) is 111 cm³/mol. The number of hydrogen-bond donors (Lipinski definition) is 2. The molecule has 1 aliphatic rings. The van der Waals surface area contributed by atoms with Crippen molar-refractivity contribution in [3.63, 3.8) is 0 Å². The molecule has 1 heterocycles. The Bertz CT molecular complexity index is 1230. The number of nitrogens with one attached hydrogen (secondary N) is 2. The highest BCUT2D eigenvalue weighted by atomic mass is 35.5. The van der Waals surface area contributed by atoms with Gasteiger partial charge in [0.1, 0.15) is 0 Å². The Balaban J connectivity index is 1.64. The van der Waals surface area contributed by atoms with Crippen LogP contribution in [0.5, 0.6) is 0 Å². The molecule has 132 valence electrons. The normalized spacial score (nSPS) is 16.2. The number of benzene rings is 3. The number of fused-ring (bicyclic) bond motifs is 2. The SMILES string of the molecule is O=c1[nH][nH]c2c1C(c1ccc(Cl)cc1)CC(c1ccc3ccccc3c1)=C2. The third-order valence-corrected chi connectivity index (χ3v) is 5.58. The minimum absolute atomic E-state index is 0.00117. The molecule has 0 amide bonds. The van der Waals surface area contributed by atoms with Crippen molar-refractivity contribution >= 4 is 34.0 Å². The van der Waals surface area contributed by atoms with Gasteiger partial charge in [0.15, 0.2) is 0 Å². The maximum absolute atomic E-state index is 12.4. The topological polar surface area (TPSA) is 48.6 Å².